The number of carboxylic acids is 1. The number of benzene rings is 1. The Morgan fingerprint density at radius 3 is 2.59 bits per heavy atom. The molecule has 0 heterocycles. The summed E-state index contributed by atoms with van der Waals surface area (Å²) in [6.07, 6.45) is 0.716. The first-order valence-corrected chi connectivity index (χ1v) is 5.80. The van der Waals surface area contributed by atoms with Gasteiger partial charge in [-0.25, -0.2) is 4.79 Å². The zero-order valence-electron chi connectivity index (χ0n) is 10.3. The van der Waals surface area contributed by atoms with Gasteiger partial charge < -0.3 is 15.1 Å². The lowest BCUT2D eigenvalue weighted by atomic mass is 10.1. The number of aryl methyl sites for hydroxylation is 1. The minimum atomic E-state index is -0.896. The van der Waals surface area contributed by atoms with Gasteiger partial charge in [0.25, 0.3) is 0 Å². The molecule has 0 aliphatic carbocycles. The fourth-order valence-corrected chi connectivity index (χ4v) is 1.82. The Labute approximate surface area is 101 Å². The summed E-state index contributed by atoms with van der Waals surface area (Å²) in [6, 6.07) is 5.33. The molecule has 0 aliphatic heterocycles. The average Bonchev–Trinajstić information content (AvgIpc) is 2.29. The number of anilines is 1. The number of rotatable bonds is 6. The predicted octanol–water partition coefficient (Wildman–Crippen LogP) is 1.90. The highest BCUT2D eigenvalue weighted by Gasteiger charge is 2.10. The molecular weight excluding hydrogens is 218 g/mol. The number of hydrogen-bond acceptors (Lipinski definition) is 3. The first-order valence-electron chi connectivity index (χ1n) is 5.80. The van der Waals surface area contributed by atoms with E-state index < -0.39 is 5.97 Å². The van der Waals surface area contributed by atoms with Crippen LogP contribution in [0.15, 0.2) is 18.2 Å². The molecule has 0 amide bonds. The standard InChI is InChI=1S/C13H19NO3/c1-3-14(7-4-8-15)11-5-6-12(13(16)17)10(2)9-11/h5-6,9,15H,3-4,7-8H2,1-2H3,(H,16,17). The number of carbonyl (C=O) groups is 1. The van der Waals surface area contributed by atoms with Crippen LogP contribution in [0, 0.1) is 6.92 Å². The largest absolute Gasteiger partial charge is 0.478 e. The van der Waals surface area contributed by atoms with E-state index in [0.29, 0.717) is 12.0 Å². The summed E-state index contributed by atoms with van der Waals surface area (Å²) >= 11 is 0. The molecule has 0 bridgehead atoms. The van der Waals surface area contributed by atoms with Crippen molar-refractivity contribution in [2.75, 3.05) is 24.6 Å². The molecular formula is C13H19NO3. The van der Waals surface area contributed by atoms with Crippen LogP contribution in [0.3, 0.4) is 0 Å². The van der Waals surface area contributed by atoms with Crippen molar-refractivity contribution >= 4 is 11.7 Å². The molecule has 0 saturated carbocycles. The van der Waals surface area contributed by atoms with Crippen molar-refractivity contribution in [3.8, 4) is 0 Å². The zero-order valence-corrected chi connectivity index (χ0v) is 10.3. The van der Waals surface area contributed by atoms with Crippen molar-refractivity contribution in [1.29, 1.82) is 0 Å². The van der Waals surface area contributed by atoms with Gasteiger partial charge in [0.15, 0.2) is 0 Å². The van der Waals surface area contributed by atoms with Crippen LogP contribution in [0.2, 0.25) is 0 Å². The van der Waals surface area contributed by atoms with Crippen molar-refractivity contribution in [1.82, 2.24) is 0 Å². The van der Waals surface area contributed by atoms with Crippen LogP contribution < -0.4 is 4.90 Å². The Hall–Kier alpha value is -1.55. The van der Waals surface area contributed by atoms with E-state index >= 15 is 0 Å². The summed E-state index contributed by atoms with van der Waals surface area (Å²) < 4.78 is 0. The fourth-order valence-electron chi connectivity index (χ4n) is 1.82. The summed E-state index contributed by atoms with van der Waals surface area (Å²) in [5, 5.41) is 17.8. The number of aromatic carboxylic acids is 1. The third kappa shape index (κ3) is 3.46. The third-order valence-corrected chi connectivity index (χ3v) is 2.77. The number of carboxylic acid groups (broad SMARTS) is 1. The maximum absolute atomic E-state index is 10.9. The molecule has 1 rings (SSSR count). The summed E-state index contributed by atoms with van der Waals surface area (Å²) in [5.41, 5.74) is 2.10. The van der Waals surface area contributed by atoms with Gasteiger partial charge in [0.05, 0.1) is 5.56 Å². The normalized spacial score (nSPS) is 10.3. The molecule has 0 fully saturated rings. The summed E-state index contributed by atoms with van der Waals surface area (Å²) in [5.74, 6) is -0.896. The minimum absolute atomic E-state index is 0.169. The van der Waals surface area contributed by atoms with Crippen LogP contribution in [0.1, 0.15) is 29.3 Å². The van der Waals surface area contributed by atoms with Crippen LogP contribution in [0.25, 0.3) is 0 Å². The van der Waals surface area contributed by atoms with Crippen LogP contribution in [0.4, 0.5) is 5.69 Å². The van der Waals surface area contributed by atoms with E-state index in [0.717, 1.165) is 24.3 Å². The molecule has 2 N–H and O–H groups in total. The van der Waals surface area contributed by atoms with Gasteiger partial charge in [0.1, 0.15) is 0 Å². The summed E-state index contributed by atoms with van der Waals surface area (Å²) in [7, 11) is 0. The quantitative estimate of drug-likeness (QED) is 0.793. The number of hydrogen-bond donors (Lipinski definition) is 2. The predicted molar refractivity (Wildman–Crippen MR) is 67.7 cm³/mol. The Morgan fingerprint density at radius 2 is 2.12 bits per heavy atom. The second-order valence-electron chi connectivity index (χ2n) is 3.96. The number of aliphatic hydroxyl groups excluding tert-OH is 1. The highest BCUT2D eigenvalue weighted by atomic mass is 16.4. The molecule has 0 spiro atoms. The van der Waals surface area contributed by atoms with Crippen molar-refractivity contribution in [2.24, 2.45) is 0 Å². The molecule has 0 aliphatic rings. The van der Waals surface area contributed by atoms with E-state index in [4.69, 9.17) is 10.2 Å². The van der Waals surface area contributed by atoms with E-state index in [1.165, 1.54) is 0 Å². The highest BCUT2D eigenvalue weighted by molar-refractivity contribution is 5.89. The Balaban J connectivity index is 2.90. The van der Waals surface area contributed by atoms with E-state index in [1.54, 1.807) is 13.0 Å². The van der Waals surface area contributed by atoms with Gasteiger partial charge in [-0.1, -0.05) is 0 Å². The van der Waals surface area contributed by atoms with Crippen molar-refractivity contribution < 1.29 is 15.0 Å². The van der Waals surface area contributed by atoms with Crippen molar-refractivity contribution in [3.63, 3.8) is 0 Å². The molecule has 0 atom stereocenters. The van der Waals surface area contributed by atoms with Crippen LogP contribution in [-0.4, -0.2) is 35.9 Å². The monoisotopic (exact) mass is 237 g/mol. The average molecular weight is 237 g/mol. The summed E-state index contributed by atoms with van der Waals surface area (Å²) in [4.78, 5) is 13.0. The fraction of sp³-hybridized carbons (Fsp3) is 0.462. The van der Waals surface area contributed by atoms with Gasteiger partial charge in [0, 0.05) is 25.4 Å². The Morgan fingerprint density at radius 1 is 1.41 bits per heavy atom. The molecule has 0 radical (unpaired) electrons. The van der Waals surface area contributed by atoms with E-state index in [1.807, 2.05) is 19.1 Å². The minimum Gasteiger partial charge on any atom is -0.478 e. The first-order chi connectivity index (χ1) is 8.10. The molecule has 0 unspecified atom stereocenters. The molecule has 0 saturated heterocycles. The van der Waals surface area contributed by atoms with Gasteiger partial charge in [-0.2, -0.15) is 0 Å². The van der Waals surface area contributed by atoms with Gasteiger partial charge >= 0.3 is 5.97 Å². The van der Waals surface area contributed by atoms with Crippen molar-refractivity contribution in [2.45, 2.75) is 20.3 Å². The van der Waals surface area contributed by atoms with Crippen molar-refractivity contribution in [3.05, 3.63) is 29.3 Å². The van der Waals surface area contributed by atoms with Crippen LogP contribution in [-0.2, 0) is 0 Å². The lowest BCUT2D eigenvalue weighted by Crippen LogP contribution is -2.24. The second-order valence-corrected chi connectivity index (χ2v) is 3.96. The molecule has 1 aromatic rings. The lowest BCUT2D eigenvalue weighted by molar-refractivity contribution is 0.0696. The van der Waals surface area contributed by atoms with E-state index in [9.17, 15) is 4.79 Å². The number of nitrogens with zero attached hydrogens (tertiary/aromatic N) is 1. The van der Waals surface area contributed by atoms with Gasteiger partial charge in [-0.3, -0.25) is 0 Å². The maximum Gasteiger partial charge on any atom is 0.335 e. The zero-order chi connectivity index (χ0) is 12.8. The number of aliphatic hydroxyl groups is 1. The second kappa shape index (κ2) is 6.25. The Bertz CT molecular complexity index is 390. The SMILES string of the molecule is CCN(CCCO)c1ccc(C(=O)O)c(C)c1. The Kier molecular flexibility index (Phi) is 4.97. The first kappa shape index (κ1) is 13.5. The lowest BCUT2D eigenvalue weighted by Gasteiger charge is -2.23. The smallest absolute Gasteiger partial charge is 0.335 e. The van der Waals surface area contributed by atoms with Crippen LogP contribution in [0.5, 0.6) is 0 Å². The van der Waals surface area contributed by atoms with E-state index in [2.05, 4.69) is 4.90 Å². The van der Waals surface area contributed by atoms with Gasteiger partial charge in [0.2, 0.25) is 0 Å². The van der Waals surface area contributed by atoms with E-state index in [-0.39, 0.29) is 6.61 Å². The van der Waals surface area contributed by atoms with Crippen LogP contribution >= 0.6 is 0 Å². The molecule has 0 aromatic heterocycles. The molecule has 4 heteroatoms. The maximum atomic E-state index is 10.9. The summed E-state index contributed by atoms with van der Waals surface area (Å²) in [6.45, 7) is 5.62. The van der Waals surface area contributed by atoms with Gasteiger partial charge in [-0.15, -0.1) is 0 Å². The molecule has 94 valence electrons. The molecule has 17 heavy (non-hydrogen) atoms. The van der Waals surface area contributed by atoms with Gasteiger partial charge in [-0.05, 0) is 44.0 Å². The molecule has 1 aromatic carbocycles. The molecule has 4 nitrogen and oxygen atoms in total. The highest BCUT2D eigenvalue weighted by Crippen LogP contribution is 2.19. The third-order valence-electron chi connectivity index (χ3n) is 2.77. The topological polar surface area (TPSA) is 60.8 Å².